The van der Waals surface area contributed by atoms with Gasteiger partial charge in [-0.2, -0.15) is 0 Å². The minimum Gasteiger partial charge on any atom is -0.407 e. The highest BCUT2D eigenvalue weighted by molar-refractivity contribution is 6.99. The number of aliphatic hydroxyl groups excluding tert-OH is 1. The van der Waals surface area contributed by atoms with E-state index in [1.54, 1.807) is 6.33 Å². The van der Waals surface area contributed by atoms with E-state index in [9.17, 15) is 5.11 Å². The fourth-order valence-electron chi connectivity index (χ4n) is 8.01. The monoisotopic (exact) mass is 616 g/mol. The number of hydrogen-bond acceptors (Lipinski definition) is 5. The predicted octanol–water partition coefficient (Wildman–Crippen LogP) is 6.67. The molecule has 6 nitrogen and oxygen atoms in total. The molecule has 5 aromatic rings. The number of nitrogens with zero attached hydrogens (tertiary/aromatic N) is 3. The van der Waals surface area contributed by atoms with Gasteiger partial charge in [-0.1, -0.05) is 113 Å². The van der Waals surface area contributed by atoms with Crippen LogP contribution in [0.4, 0.5) is 5.82 Å². The number of fused-ring (bicyclic) bond motifs is 2. The van der Waals surface area contributed by atoms with Crippen LogP contribution < -0.4 is 15.7 Å². The van der Waals surface area contributed by atoms with Gasteiger partial charge in [-0.3, -0.25) is 0 Å². The fraction of sp³-hybridized carbons (Fsp3) is 0.368. The van der Waals surface area contributed by atoms with E-state index in [-0.39, 0.29) is 29.0 Å². The maximum absolute atomic E-state index is 11.7. The highest BCUT2D eigenvalue weighted by atomic mass is 28.4. The second kappa shape index (κ2) is 11.9. The molecule has 3 aromatic carbocycles. The van der Waals surface area contributed by atoms with Crippen molar-refractivity contribution in [1.29, 1.82) is 0 Å². The van der Waals surface area contributed by atoms with Crippen LogP contribution in [-0.2, 0) is 10.8 Å². The first-order valence-corrected chi connectivity index (χ1v) is 18.3. The number of nitrogens with one attached hydrogen (secondary N) is 1. The predicted molar refractivity (Wildman–Crippen MR) is 185 cm³/mol. The number of aromatic nitrogens is 3. The van der Waals surface area contributed by atoms with Gasteiger partial charge in [0.15, 0.2) is 0 Å². The second-order valence-corrected chi connectivity index (χ2v) is 18.3. The van der Waals surface area contributed by atoms with Crippen LogP contribution in [0.15, 0.2) is 104 Å². The quantitative estimate of drug-likeness (QED) is 0.191. The lowest BCUT2D eigenvalue weighted by atomic mass is 9.98. The summed E-state index contributed by atoms with van der Waals surface area (Å²) in [5.74, 6) is 1.14. The van der Waals surface area contributed by atoms with Crippen molar-refractivity contribution in [3.8, 4) is 0 Å². The molecule has 2 heterocycles. The van der Waals surface area contributed by atoms with Crippen molar-refractivity contribution in [2.75, 3.05) is 11.9 Å². The lowest BCUT2D eigenvalue weighted by Gasteiger charge is -2.43. The zero-order valence-corrected chi connectivity index (χ0v) is 27.7. The van der Waals surface area contributed by atoms with Gasteiger partial charge in [0.1, 0.15) is 17.8 Å². The molecule has 0 amide bonds. The molecule has 0 spiro atoms. The van der Waals surface area contributed by atoms with E-state index in [2.05, 4.69) is 140 Å². The number of benzene rings is 3. The van der Waals surface area contributed by atoms with Crippen LogP contribution in [0, 0.1) is 11.8 Å². The maximum atomic E-state index is 11.7. The number of hydrogen-bond donors (Lipinski definition) is 2. The largest absolute Gasteiger partial charge is 0.407 e. The average molecular weight is 617 g/mol. The summed E-state index contributed by atoms with van der Waals surface area (Å²) in [6.45, 7) is 9.72. The van der Waals surface area contributed by atoms with Crippen LogP contribution in [-0.4, -0.2) is 40.7 Å². The van der Waals surface area contributed by atoms with Crippen LogP contribution in [0.3, 0.4) is 0 Å². The Bertz CT molecular complexity index is 1730. The molecule has 0 aliphatic heterocycles. The molecule has 2 N–H and O–H groups in total. The molecule has 7 heteroatoms. The molecule has 0 saturated heterocycles. The standard InChI is InChI=1S/C38H44N4O2Si/c1-26-28(24-44-45(38(2,3)4,29-14-7-5-8-15-29)30-16-9-6-10-17-30)23-34(35(26)43)42-22-21-32-36(39-25-40-37(32)42)41-33-20-19-27-13-11-12-18-31(27)33/h5-18,21-22,25-26,28,33-35,43H,19-20,23-24H2,1-4H3,(H,39,40,41)/t26?,28-,33?,34+,35-/m0/s1. The van der Waals surface area contributed by atoms with Gasteiger partial charge in [-0.05, 0) is 63.7 Å². The number of anilines is 1. The minimum atomic E-state index is -2.67. The normalized spacial score (nSPS) is 23.4. The van der Waals surface area contributed by atoms with Crippen LogP contribution in [0.25, 0.3) is 11.0 Å². The van der Waals surface area contributed by atoms with Gasteiger partial charge >= 0.3 is 0 Å². The second-order valence-electron chi connectivity index (χ2n) is 14.0. The van der Waals surface area contributed by atoms with E-state index in [1.165, 1.54) is 21.5 Å². The summed E-state index contributed by atoms with van der Waals surface area (Å²) < 4.78 is 9.50. The highest BCUT2D eigenvalue weighted by Crippen LogP contribution is 2.44. The number of aliphatic hydroxyl groups is 1. The summed E-state index contributed by atoms with van der Waals surface area (Å²) in [6.07, 6.45) is 6.19. The third-order valence-corrected chi connectivity index (χ3v) is 15.5. The average Bonchev–Trinajstić information content (AvgIpc) is 3.74. The van der Waals surface area contributed by atoms with Gasteiger partial charge in [0.05, 0.1) is 23.6 Å². The van der Waals surface area contributed by atoms with E-state index in [0.29, 0.717) is 6.61 Å². The molecule has 1 fully saturated rings. The van der Waals surface area contributed by atoms with Crippen molar-refractivity contribution < 1.29 is 9.53 Å². The molecule has 232 valence electrons. The van der Waals surface area contributed by atoms with Crippen LogP contribution in [0.5, 0.6) is 0 Å². The van der Waals surface area contributed by atoms with Crippen molar-refractivity contribution in [1.82, 2.24) is 14.5 Å². The first kappa shape index (κ1) is 29.9. The molecule has 0 bridgehead atoms. The third kappa shape index (κ3) is 5.21. The lowest BCUT2D eigenvalue weighted by Crippen LogP contribution is -2.67. The fourth-order valence-corrected chi connectivity index (χ4v) is 12.6. The summed E-state index contributed by atoms with van der Waals surface area (Å²) in [6, 6.07) is 32.5. The third-order valence-electron chi connectivity index (χ3n) is 10.5. The molecule has 2 unspecified atom stereocenters. The van der Waals surface area contributed by atoms with Crippen molar-refractivity contribution in [2.24, 2.45) is 11.8 Å². The first-order chi connectivity index (χ1) is 21.8. The topological polar surface area (TPSA) is 72.2 Å². The SMILES string of the molecule is CC1[C@H](CO[Si](c2ccccc2)(c2ccccc2)C(C)(C)C)C[C@@H](n2ccc3c(NC4CCc5ccccc54)ncnc32)[C@H]1O. The summed E-state index contributed by atoms with van der Waals surface area (Å²) >= 11 is 0. The molecule has 2 aromatic heterocycles. The van der Waals surface area contributed by atoms with Gasteiger partial charge in [0, 0.05) is 12.8 Å². The summed E-state index contributed by atoms with van der Waals surface area (Å²) in [7, 11) is -2.67. The molecule has 2 aliphatic carbocycles. The van der Waals surface area contributed by atoms with E-state index in [4.69, 9.17) is 9.41 Å². The molecule has 7 rings (SSSR count). The molecule has 5 atom stereocenters. The molecule has 1 saturated carbocycles. The van der Waals surface area contributed by atoms with Gasteiger partial charge in [-0.25, -0.2) is 9.97 Å². The Kier molecular flexibility index (Phi) is 7.88. The summed E-state index contributed by atoms with van der Waals surface area (Å²) in [5, 5.41) is 18.8. The molecular weight excluding hydrogens is 573 g/mol. The lowest BCUT2D eigenvalue weighted by molar-refractivity contribution is 0.0878. The Hall–Kier alpha value is -3.78. The molecule has 45 heavy (non-hydrogen) atoms. The molecular formula is C38H44N4O2Si. The number of rotatable bonds is 8. The summed E-state index contributed by atoms with van der Waals surface area (Å²) in [5.41, 5.74) is 3.63. The van der Waals surface area contributed by atoms with Crippen LogP contribution in [0.2, 0.25) is 5.04 Å². The Balaban J connectivity index is 1.15. The first-order valence-electron chi connectivity index (χ1n) is 16.4. The Morgan fingerprint density at radius 2 is 1.58 bits per heavy atom. The number of aryl methyl sites for hydroxylation is 1. The van der Waals surface area contributed by atoms with Gasteiger partial charge < -0.3 is 19.4 Å². The van der Waals surface area contributed by atoms with Gasteiger partial charge in [0.25, 0.3) is 8.32 Å². The zero-order valence-electron chi connectivity index (χ0n) is 26.7. The van der Waals surface area contributed by atoms with Gasteiger partial charge in [0.2, 0.25) is 0 Å². The Morgan fingerprint density at radius 1 is 0.911 bits per heavy atom. The molecule has 2 aliphatic rings. The van der Waals surface area contributed by atoms with E-state index < -0.39 is 14.4 Å². The van der Waals surface area contributed by atoms with Crippen molar-refractivity contribution in [3.63, 3.8) is 0 Å². The van der Waals surface area contributed by atoms with Crippen LogP contribution >= 0.6 is 0 Å². The zero-order chi connectivity index (χ0) is 31.2. The molecule has 0 radical (unpaired) electrons. The van der Waals surface area contributed by atoms with E-state index >= 15 is 0 Å². The highest BCUT2D eigenvalue weighted by Gasteiger charge is 2.51. The van der Waals surface area contributed by atoms with Gasteiger partial charge in [-0.15, -0.1) is 0 Å². The van der Waals surface area contributed by atoms with Crippen molar-refractivity contribution in [2.45, 2.75) is 70.2 Å². The summed E-state index contributed by atoms with van der Waals surface area (Å²) in [4.78, 5) is 9.38. The van der Waals surface area contributed by atoms with E-state index in [0.717, 1.165) is 36.1 Å². The maximum Gasteiger partial charge on any atom is 0.261 e. The van der Waals surface area contributed by atoms with E-state index in [1.807, 2.05) is 0 Å². The van der Waals surface area contributed by atoms with Crippen molar-refractivity contribution >= 4 is 35.5 Å². The Labute approximate surface area is 267 Å². The smallest absolute Gasteiger partial charge is 0.261 e. The van der Waals surface area contributed by atoms with Crippen LogP contribution in [0.1, 0.15) is 63.7 Å². The van der Waals surface area contributed by atoms with Crippen molar-refractivity contribution in [3.05, 3.63) is 115 Å². The minimum absolute atomic E-state index is 0.0831. The Morgan fingerprint density at radius 3 is 2.27 bits per heavy atom.